The molecule has 1 fully saturated rings. The minimum atomic E-state index is -3.78. The number of fused-ring (bicyclic) bond motifs is 1. The molecular formula is C22H25N3O6S. The van der Waals surface area contributed by atoms with Gasteiger partial charge in [0.2, 0.25) is 15.9 Å². The highest BCUT2D eigenvalue weighted by molar-refractivity contribution is 7.89. The summed E-state index contributed by atoms with van der Waals surface area (Å²) in [6, 6.07) is 11.1. The summed E-state index contributed by atoms with van der Waals surface area (Å²) >= 11 is 0. The molecule has 0 aliphatic carbocycles. The van der Waals surface area contributed by atoms with Crippen molar-refractivity contribution in [3.8, 4) is 11.5 Å². The molecule has 2 aromatic rings. The average Bonchev–Trinajstić information content (AvgIpc) is 3.04. The van der Waals surface area contributed by atoms with Gasteiger partial charge in [0.1, 0.15) is 0 Å². The molecule has 2 heterocycles. The highest BCUT2D eigenvalue weighted by Crippen LogP contribution is 2.32. The molecule has 0 radical (unpaired) electrons. The number of ether oxygens (including phenoxy) is 2. The van der Waals surface area contributed by atoms with Gasteiger partial charge in [-0.15, -0.1) is 0 Å². The fourth-order valence-electron chi connectivity index (χ4n) is 3.63. The topological polar surface area (TPSA) is 105 Å². The van der Waals surface area contributed by atoms with Gasteiger partial charge in [0, 0.05) is 56.8 Å². The first-order chi connectivity index (χ1) is 15.3. The molecule has 2 aliphatic rings. The predicted octanol–water partition coefficient (Wildman–Crippen LogP) is 1.95. The molecule has 2 aliphatic heterocycles. The lowest BCUT2D eigenvalue weighted by molar-refractivity contribution is -0.129. The van der Waals surface area contributed by atoms with E-state index in [0.717, 1.165) is 6.42 Å². The molecule has 4 rings (SSSR count). The minimum Gasteiger partial charge on any atom is -0.490 e. The second-order valence-corrected chi connectivity index (χ2v) is 9.54. The molecule has 170 valence electrons. The van der Waals surface area contributed by atoms with Crippen LogP contribution in [0.1, 0.15) is 23.7 Å². The first-order valence-corrected chi connectivity index (χ1v) is 11.9. The van der Waals surface area contributed by atoms with Gasteiger partial charge in [0.25, 0.3) is 5.91 Å². The molecule has 2 aromatic carbocycles. The van der Waals surface area contributed by atoms with Crippen LogP contribution in [0.3, 0.4) is 0 Å². The Morgan fingerprint density at radius 1 is 0.938 bits per heavy atom. The first kappa shape index (κ1) is 22.1. The summed E-state index contributed by atoms with van der Waals surface area (Å²) in [7, 11) is -3.78. The normalized spacial score (nSPS) is 16.8. The van der Waals surface area contributed by atoms with Crippen molar-refractivity contribution in [2.75, 3.05) is 44.7 Å². The van der Waals surface area contributed by atoms with E-state index in [0.29, 0.717) is 43.5 Å². The molecule has 0 bridgehead atoms. The lowest BCUT2D eigenvalue weighted by Gasteiger charge is -2.33. The van der Waals surface area contributed by atoms with Crippen LogP contribution in [0.15, 0.2) is 47.4 Å². The Labute approximate surface area is 187 Å². The van der Waals surface area contributed by atoms with E-state index in [2.05, 4.69) is 5.32 Å². The van der Waals surface area contributed by atoms with Gasteiger partial charge in [-0.05, 0) is 30.3 Å². The van der Waals surface area contributed by atoms with Crippen molar-refractivity contribution < 1.29 is 27.5 Å². The van der Waals surface area contributed by atoms with Crippen LogP contribution in [0.25, 0.3) is 0 Å². The third kappa shape index (κ3) is 4.71. The number of benzene rings is 2. The molecule has 0 saturated carbocycles. The standard InChI is InChI=1S/C22H25N3O6S/c1-16(26)24-8-10-25(11-9-24)32(28,29)19-5-2-4-17(14-19)22(27)23-18-6-7-20-21(15-18)31-13-3-12-30-20/h2,4-7,14-15H,3,8-13H2,1H3,(H,23,27). The second-order valence-electron chi connectivity index (χ2n) is 7.60. The van der Waals surface area contributed by atoms with Crippen molar-refractivity contribution in [1.82, 2.24) is 9.21 Å². The molecule has 2 amide bonds. The maximum atomic E-state index is 13.1. The van der Waals surface area contributed by atoms with Crippen LogP contribution in [0.5, 0.6) is 11.5 Å². The monoisotopic (exact) mass is 459 g/mol. The summed E-state index contributed by atoms with van der Waals surface area (Å²) in [5, 5.41) is 2.78. The molecule has 0 unspecified atom stereocenters. The van der Waals surface area contributed by atoms with E-state index in [9.17, 15) is 18.0 Å². The van der Waals surface area contributed by atoms with Crippen LogP contribution in [-0.4, -0.2) is 68.8 Å². The summed E-state index contributed by atoms with van der Waals surface area (Å²) in [5.41, 5.74) is 0.744. The van der Waals surface area contributed by atoms with Gasteiger partial charge in [0.05, 0.1) is 18.1 Å². The third-order valence-corrected chi connectivity index (χ3v) is 7.32. The minimum absolute atomic E-state index is 0.0417. The number of hydrogen-bond donors (Lipinski definition) is 1. The van der Waals surface area contributed by atoms with Gasteiger partial charge >= 0.3 is 0 Å². The highest BCUT2D eigenvalue weighted by Gasteiger charge is 2.29. The van der Waals surface area contributed by atoms with Gasteiger partial charge in [-0.25, -0.2) is 8.42 Å². The average molecular weight is 460 g/mol. The number of carbonyl (C=O) groups is 2. The Morgan fingerprint density at radius 3 is 2.38 bits per heavy atom. The molecular weight excluding hydrogens is 434 g/mol. The van der Waals surface area contributed by atoms with Crippen LogP contribution in [-0.2, 0) is 14.8 Å². The van der Waals surface area contributed by atoms with Crippen LogP contribution in [0, 0.1) is 0 Å². The van der Waals surface area contributed by atoms with E-state index in [4.69, 9.17) is 9.47 Å². The maximum absolute atomic E-state index is 13.1. The summed E-state index contributed by atoms with van der Waals surface area (Å²) in [5.74, 6) is 0.674. The molecule has 1 saturated heterocycles. The number of nitrogens with zero attached hydrogens (tertiary/aromatic N) is 2. The number of nitrogens with one attached hydrogen (secondary N) is 1. The number of hydrogen-bond acceptors (Lipinski definition) is 6. The Kier molecular flexibility index (Phi) is 6.33. The molecule has 0 aromatic heterocycles. The second kappa shape index (κ2) is 9.17. The number of rotatable bonds is 4. The fraction of sp³-hybridized carbons (Fsp3) is 0.364. The number of anilines is 1. The Bertz CT molecular complexity index is 1130. The lowest BCUT2D eigenvalue weighted by Crippen LogP contribution is -2.49. The van der Waals surface area contributed by atoms with Gasteiger partial charge in [0.15, 0.2) is 11.5 Å². The number of sulfonamides is 1. The Hall–Kier alpha value is -3.11. The number of piperazine rings is 1. The third-order valence-electron chi connectivity index (χ3n) is 5.42. The summed E-state index contributed by atoms with van der Waals surface area (Å²) in [6.45, 7) is 3.70. The van der Waals surface area contributed by atoms with E-state index in [1.165, 1.54) is 23.4 Å². The van der Waals surface area contributed by atoms with Gasteiger partial charge in [-0.2, -0.15) is 4.31 Å². The molecule has 0 spiro atoms. The van der Waals surface area contributed by atoms with Crippen molar-refractivity contribution in [2.45, 2.75) is 18.2 Å². The molecule has 0 atom stereocenters. The molecule has 9 nitrogen and oxygen atoms in total. The molecule has 1 N–H and O–H groups in total. The predicted molar refractivity (Wildman–Crippen MR) is 117 cm³/mol. The van der Waals surface area contributed by atoms with E-state index >= 15 is 0 Å². The first-order valence-electron chi connectivity index (χ1n) is 10.4. The van der Waals surface area contributed by atoms with E-state index in [1.807, 2.05) is 0 Å². The largest absolute Gasteiger partial charge is 0.490 e. The van der Waals surface area contributed by atoms with Crippen molar-refractivity contribution in [2.24, 2.45) is 0 Å². The van der Waals surface area contributed by atoms with Crippen LogP contribution in [0.2, 0.25) is 0 Å². The quantitative estimate of drug-likeness (QED) is 0.749. The Balaban J connectivity index is 1.48. The van der Waals surface area contributed by atoms with Gasteiger partial charge < -0.3 is 19.7 Å². The zero-order valence-corrected chi connectivity index (χ0v) is 18.6. The van der Waals surface area contributed by atoms with E-state index in [-0.39, 0.29) is 29.5 Å². The van der Waals surface area contributed by atoms with Crippen LogP contribution in [0.4, 0.5) is 5.69 Å². The zero-order chi connectivity index (χ0) is 22.7. The van der Waals surface area contributed by atoms with Crippen molar-refractivity contribution >= 4 is 27.5 Å². The fourth-order valence-corrected chi connectivity index (χ4v) is 5.10. The molecule has 32 heavy (non-hydrogen) atoms. The zero-order valence-electron chi connectivity index (χ0n) is 17.7. The molecule has 10 heteroatoms. The van der Waals surface area contributed by atoms with Crippen molar-refractivity contribution in [1.29, 1.82) is 0 Å². The lowest BCUT2D eigenvalue weighted by atomic mass is 10.2. The van der Waals surface area contributed by atoms with Gasteiger partial charge in [-0.3, -0.25) is 9.59 Å². The van der Waals surface area contributed by atoms with E-state index < -0.39 is 15.9 Å². The number of amides is 2. The summed E-state index contributed by atoms with van der Waals surface area (Å²) in [4.78, 5) is 25.9. The van der Waals surface area contributed by atoms with Crippen molar-refractivity contribution in [3.63, 3.8) is 0 Å². The Morgan fingerprint density at radius 2 is 1.66 bits per heavy atom. The van der Waals surface area contributed by atoms with E-state index in [1.54, 1.807) is 35.2 Å². The number of carbonyl (C=O) groups excluding carboxylic acids is 2. The van der Waals surface area contributed by atoms with Crippen LogP contribution >= 0.6 is 0 Å². The highest BCUT2D eigenvalue weighted by atomic mass is 32.2. The SMILES string of the molecule is CC(=O)N1CCN(S(=O)(=O)c2cccc(C(=O)Nc3ccc4c(c3)OCCCO4)c2)CC1. The summed E-state index contributed by atoms with van der Waals surface area (Å²) < 4.78 is 38.7. The maximum Gasteiger partial charge on any atom is 0.255 e. The van der Waals surface area contributed by atoms with Gasteiger partial charge in [-0.1, -0.05) is 6.07 Å². The summed E-state index contributed by atoms with van der Waals surface area (Å²) in [6.07, 6.45) is 0.779. The van der Waals surface area contributed by atoms with Crippen molar-refractivity contribution in [3.05, 3.63) is 48.0 Å². The van der Waals surface area contributed by atoms with Crippen LogP contribution < -0.4 is 14.8 Å². The smallest absolute Gasteiger partial charge is 0.255 e.